The van der Waals surface area contributed by atoms with E-state index in [4.69, 9.17) is 4.74 Å². The van der Waals surface area contributed by atoms with Crippen LogP contribution in [0.2, 0.25) is 0 Å². The smallest absolute Gasteiger partial charge is 0.419 e. The highest BCUT2D eigenvalue weighted by Crippen LogP contribution is 2.38. The average Bonchev–Trinajstić information content (AvgIpc) is 3.34. The number of aliphatic hydroxyl groups excluding tert-OH is 1. The van der Waals surface area contributed by atoms with Crippen molar-refractivity contribution in [2.75, 3.05) is 37.9 Å². The Morgan fingerprint density at radius 1 is 1.08 bits per heavy atom. The van der Waals surface area contributed by atoms with Gasteiger partial charge in [0.05, 0.1) is 41.4 Å². The van der Waals surface area contributed by atoms with Crippen molar-refractivity contribution in [3.8, 4) is 5.75 Å². The van der Waals surface area contributed by atoms with Gasteiger partial charge in [0.25, 0.3) is 11.8 Å². The SMILES string of the molecule is CNC(=O)c1ccccc1Nc1cc(Nc2ccc(C(=O)N3CCC(O)C3)cc2OC)ncc1C(F)(F)F. The standard InChI is InChI=1S/C26H26F3N5O4/c1-30-24(36)17-5-3-4-6-19(17)32-21-12-23(31-13-18(21)26(27,28)29)33-20-8-7-15(11-22(20)38-2)25(37)34-10-9-16(35)14-34/h3-8,11-13,16,35H,9-10,14H2,1-2H3,(H,30,36)(H2,31,32,33). The fraction of sp³-hybridized carbons (Fsp3) is 0.269. The van der Waals surface area contributed by atoms with Crippen LogP contribution in [0.1, 0.15) is 32.7 Å². The maximum atomic E-state index is 13.8. The Hall–Kier alpha value is -4.32. The summed E-state index contributed by atoms with van der Waals surface area (Å²) in [6.07, 6.45) is -4.07. The van der Waals surface area contributed by atoms with Gasteiger partial charge in [-0.1, -0.05) is 12.1 Å². The number of likely N-dealkylation sites (tertiary alicyclic amines) is 1. The van der Waals surface area contributed by atoms with Gasteiger partial charge in [0, 0.05) is 38.0 Å². The van der Waals surface area contributed by atoms with E-state index in [1.807, 2.05) is 0 Å². The van der Waals surface area contributed by atoms with E-state index in [1.165, 1.54) is 38.4 Å². The number of aliphatic hydroxyl groups is 1. The number of halogens is 3. The molecule has 1 saturated heterocycles. The lowest BCUT2D eigenvalue weighted by molar-refractivity contribution is -0.137. The number of nitrogens with zero attached hydrogens (tertiary/aromatic N) is 2. The molecule has 1 aromatic heterocycles. The number of carbonyl (C=O) groups excluding carboxylic acids is 2. The Kier molecular flexibility index (Phi) is 7.72. The van der Waals surface area contributed by atoms with Gasteiger partial charge in [0.1, 0.15) is 11.6 Å². The predicted molar refractivity (Wildman–Crippen MR) is 135 cm³/mol. The summed E-state index contributed by atoms with van der Waals surface area (Å²) >= 11 is 0. The number of para-hydroxylation sites is 1. The molecule has 1 fully saturated rings. The van der Waals surface area contributed by atoms with Gasteiger partial charge in [0.15, 0.2) is 0 Å². The van der Waals surface area contributed by atoms with E-state index < -0.39 is 23.8 Å². The predicted octanol–water partition coefficient (Wildman–Crippen LogP) is 4.16. The Morgan fingerprint density at radius 2 is 1.84 bits per heavy atom. The normalized spacial score (nSPS) is 15.2. The van der Waals surface area contributed by atoms with Crippen molar-refractivity contribution in [1.29, 1.82) is 0 Å². The molecule has 4 rings (SSSR count). The minimum Gasteiger partial charge on any atom is -0.495 e. The van der Waals surface area contributed by atoms with E-state index in [1.54, 1.807) is 29.2 Å². The lowest BCUT2D eigenvalue weighted by atomic mass is 10.1. The third kappa shape index (κ3) is 5.80. The largest absolute Gasteiger partial charge is 0.495 e. The van der Waals surface area contributed by atoms with E-state index >= 15 is 0 Å². The molecule has 1 aliphatic rings. The molecule has 1 atom stereocenters. The molecule has 1 unspecified atom stereocenters. The molecule has 0 saturated carbocycles. The van der Waals surface area contributed by atoms with Crippen LogP contribution in [-0.4, -0.2) is 60.2 Å². The highest BCUT2D eigenvalue weighted by atomic mass is 19.4. The van der Waals surface area contributed by atoms with Gasteiger partial charge in [-0.25, -0.2) is 4.98 Å². The molecular weight excluding hydrogens is 503 g/mol. The number of anilines is 4. The lowest BCUT2D eigenvalue weighted by Gasteiger charge is -2.19. The number of ether oxygens (including phenoxy) is 1. The van der Waals surface area contributed by atoms with Gasteiger partial charge in [-0.05, 0) is 36.8 Å². The van der Waals surface area contributed by atoms with Crippen molar-refractivity contribution < 1.29 is 32.6 Å². The molecule has 12 heteroatoms. The zero-order chi connectivity index (χ0) is 27.4. The van der Waals surface area contributed by atoms with Crippen LogP contribution in [-0.2, 0) is 6.18 Å². The molecule has 2 heterocycles. The van der Waals surface area contributed by atoms with E-state index in [0.717, 1.165) is 0 Å². The van der Waals surface area contributed by atoms with Gasteiger partial charge in [-0.3, -0.25) is 9.59 Å². The van der Waals surface area contributed by atoms with Crippen LogP contribution >= 0.6 is 0 Å². The number of nitrogens with one attached hydrogen (secondary N) is 3. The van der Waals surface area contributed by atoms with Crippen molar-refractivity contribution in [3.05, 3.63) is 71.4 Å². The summed E-state index contributed by atoms with van der Waals surface area (Å²) in [5.41, 5.74) is -0.270. The zero-order valence-corrected chi connectivity index (χ0v) is 20.6. The number of alkyl halides is 3. The molecule has 38 heavy (non-hydrogen) atoms. The maximum Gasteiger partial charge on any atom is 0.419 e. The summed E-state index contributed by atoms with van der Waals surface area (Å²) in [5.74, 6) is -0.382. The topological polar surface area (TPSA) is 116 Å². The number of β-amino-alcohol motifs (C(OH)–C–C–N with tert-alkyl or cyclic N) is 1. The molecule has 200 valence electrons. The van der Waals surface area contributed by atoms with Crippen LogP contribution in [0.15, 0.2) is 54.7 Å². The molecule has 0 radical (unpaired) electrons. The minimum absolute atomic E-state index is 0.0676. The molecule has 4 N–H and O–H groups in total. The van der Waals surface area contributed by atoms with Crippen LogP contribution in [0.4, 0.5) is 36.1 Å². The molecule has 0 aliphatic carbocycles. The molecular formula is C26H26F3N5O4. The zero-order valence-electron chi connectivity index (χ0n) is 20.6. The van der Waals surface area contributed by atoms with Crippen molar-refractivity contribution in [2.45, 2.75) is 18.7 Å². The molecule has 9 nitrogen and oxygen atoms in total. The second kappa shape index (κ2) is 11.0. The minimum atomic E-state index is -4.71. The van der Waals surface area contributed by atoms with Crippen LogP contribution in [0.3, 0.4) is 0 Å². The third-order valence-corrected chi connectivity index (χ3v) is 6.04. The number of aromatic nitrogens is 1. The first-order chi connectivity index (χ1) is 18.1. The second-order valence-corrected chi connectivity index (χ2v) is 8.60. The summed E-state index contributed by atoms with van der Waals surface area (Å²) in [5, 5.41) is 17.8. The van der Waals surface area contributed by atoms with Crippen molar-refractivity contribution >= 4 is 34.7 Å². The summed E-state index contributed by atoms with van der Waals surface area (Å²) in [7, 11) is 2.83. The first kappa shape index (κ1) is 26.7. The first-order valence-corrected chi connectivity index (χ1v) is 11.7. The van der Waals surface area contributed by atoms with Gasteiger partial charge in [0.2, 0.25) is 0 Å². The Labute approximate surface area is 216 Å². The average molecular weight is 530 g/mol. The van der Waals surface area contributed by atoms with E-state index in [9.17, 15) is 27.9 Å². The first-order valence-electron chi connectivity index (χ1n) is 11.7. The fourth-order valence-corrected chi connectivity index (χ4v) is 4.10. The number of methoxy groups -OCH3 is 1. The highest BCUT2D eigenvalue weighted by Gasteiger charge is 2.35. The Balaban J connectivity index is 1.64. The molecule has 1 aliphatic heterocycles. The quantitative estimate of drug-likeness (QED) is 0.363. The second-order valence-electron chi connectivity index (χ2n) is 8.60. The summed E-state index contributed by atoms with van der Waals surface area (Å²) in [4.78, 5) is 30.4. The van der Waals surface area contributed by atoms with Crippen LogP contribution in [0, 0.1) is 0 Å². The van der Waals surface area contributed by atoms with E-state index in [0.29, 0.717) is 30.4 Å². The van der Waals surface area contributed by atoms with Crippen LogP contribution in [0.25, 0.3) is 0 Å². The number of hydrogen-bond donors (Lipinski definition) is 4. The van der Waals surface area contributed by atoms with Gasteiger partial charge >= 0.3 is 6.18 Å². The molecule has 0 bridgehead atoms. The Morgan fingerprint density at radius 3 is 2.50 bits per heavy atom. The summed E-state index contributed by atoms with van der Waals surface area (Å²) in [6, 6.07) is 12.0. The molecule has 2 aromatic carbocycles. The third-order valence-electron chi connectivity index (χ3n) is 6.04. The number of pyridine rings is 1. The molecule has 2 amide bonds. The number of amides is 2. The maximum absolute atomic E-state index is 13.8. The van der Waals surface area contributed by atoms with E-state index in [-0.39, 0.29) is 41.0 Å². The van der Waals surface area contributed by atoms with Crippen LogP contribution in [0.5, 0.6) is 5.75 Å². The molecule has 3 aromatic rings. The van der Waals surface area contributed by atoms with Crippen LogP contribution < -0.4 is 20.7 Å². The van der Waals surface area contributed by atoms with Gasteiger partial charge in [-0.2, -0.15) is 13.2 Å². The Bertz CT molecular complexity index is 1350. The summed E-state index contributed by atoms with van der Waals surface area (Å²) < 4.78 is 46.7. The number of rotatable bonds is 7. The lowest BCUT2D eigenvalue weighted by Crippen LogP contribution is -2.29. The fourth-order valence-electron chi connectivity index (χ4n) is 4.10. The molecule has 0 spiro atoms. The number of carbonyl (C=O) groups is 2. The summed E-state index contributed by atoms with van der Waals surface area (Å²) in [6.45, 7) is 0.687. The monoisotopic (exact) mass is 529 g/mol. The van der Waals surface area contributed by atoms with Gasteiger partial charge in [-0.15, -0.1) is 0 Å². The van der Waals surface area contributed by atoms with Crippen molar-refractivity contribution in [2.24, 2.45) is 0 Å². The number of benzene rings is 2. The number of hydrogen-bond acceptors (Lipinski definition) is 7. The van der Waals surface area contributed by atoms with Crippen molar-refractivity contribution in [3.63, 3.8) is 0 Å². The van der Waals surface area contributed by atoms with Crippen molar-refractivity contribution in [1.82, 2.24) is 15.2 Å². The highest BCUT2D eigenvalue weighted by molar-refractivity contribution is 6.00. The van der Waals surface area contributed by atoms with Gasteiger partial charge < -0.3 is 30.7 Å². The van der Waals surface area contributed by atoms with E-state index in [2.05, 4.69) is 20.9 Å².